The molecule has 1 aliphatic rings. The maximum atomic E-state index is 12.4. The molecule has 0 unspecified atom stereocenters. The van der Waals surface area contributed by atoms with E-state index in [9.17, 15) is 4.79 Å². The molecule has 2 aromatic heterocycles. The van der Waals surface area contributed by atoms with Gasteiger partial charge in [-0.15, -0.1) is 11.3 Å². The lowest BCUT2D eigenvalue weighted by atomic mass is 9.76. The molecule has 0 atom stereocenters. The van der Waals surface area contributed by atoms with Crippen LogP contribution in [0.2, 0.25) is 0 Å². The maximum Gasteiger partial charge on any atom is 0.263 e. The van der Waals surface area contributed by atoms with Gasteiger partial charge in [0, 0.05) is 18.1 Å². The van der Waals surface area contributed by atoms with Crippen molar-refractivity contribution in [2.75, 3.05) is 12.3 Å². The van der Waals surface area contributed by atoms with Crippen LogP contribution < -0.4 is 11.1 Å². The van der Waals surface area contributed by atoms with E-state index in [4.69, 9.17) is 5.73 Å². The molecule has 4 nitrogen and oxygen atoms in total. The normalized spacial score (nSPS) is 17.8. The molecule has 0 bridgehead atoms. The molecule has 0 spiro atoms. The number of hydrogen-bond acceptors (Lipinski definition) is 4. The summed E-state index contributed by atoms with van der Waals surface area (Å²) in [7, 11) is 0. The number of thiophene rings is 1. The third-order valence-electron chi connectivity index (χ3n) is 4.45. The van der Waals surface area contributed by atoms with Gasteiger partial charge in [0.15, 0.2) is 0 Å². The number of pyridine rings is 1. The van der Waals surface area contributed by atoms with E-state index >= 15 is 0 Å². The van der Waals surface area contributed by atoms with Gasteiger partial charge < -0.3 is 11.1 Å². The zero-order valence-corrected chi connectivity index (χ0v) is 13.1. The Kier molecular flexibility index (Phi) is 3.85. The highest BCUT2D eigenvalue weighted by molar-refractivity contribution is 7.21. The lowest BCUT2D eigenvalue weighted by molar-refractivity contribution is 0.0924. The van der Waals surface area contributed by atoms with Gasteiger partial charge in [-0.3, -0.25) is 4.79 Å². The molecule has 3 N–H and O–H groups in total. The minimum absolute atomic E-state index is 0.0673. The van der Waals surface area contributed by atoms with Gasteiger partial charge in [0.2, 0.25) is 0 Å². The van der Waals surface area contributed by atoms with Crippen molar-refractivity contribution in [3.63, 3.8) is 0 Å². The summed E-state index contributed by atoms with van der Waals surface area (Å²) in [5.41, 5.74) is 6.88. The van der Waals surface area contributed by atoms with Crippen LogP contribution in [0.4, 0.5) is 5.69 Å². The summed E-state index contributed by atoms with van der Waals surface area (Å²) in [6.45, 7) is 3.00. The third-order valence-corrected chi connectivity index (χ3v) is 5.58. The number of carbonyl (C=O) groups is 1. The molecular formula is C16H21N3OS. The van der Waals surface area contributed by atoms with E-state index in [0.29, 0.717) is 10.6 Å². The lowest BCUT2D eigenvalue weighted by Crippen LogP contribution is -2.36. The van der Waals surface area contributed by atoms with Crippen LogP contribution in [0.25, 0.3) is 10.2 Å². The Bertz CT molecular complexity index is 659. The number of carbonyl (C=O) groups excluding carboxylic acids is 1. The number of hydrogen-bond donors (Lipinski definition) is 2. The summed E-state index contributed by atoms with van der Waals surface area (Å²) < 4.78 is 0. The van der Waals surface area contributed by atoms with E-state index < -0.39 is 0 Å². The second-order valence-corrected chi connectivity index (χ2v) is 7.25. The fourth-order valence-electron chi connectivity index (χ4n) is 3.08. The Hall–Kier alpha value is -1.62. The second-order valence-electron chi connectivity index (χ2n) is 6.25. The van der Waals surface area contributed by atoms with E-state index in [0.717, 1.165) is 16.8 Å². The molecule has 1 aliphatic carbocycles. The van der Waals surface area contributed by atoms with E-state index in [-0.39, 0.29) is 11.3 Å². The van der Waals surface area contributed by atoms with E-state index in [1.54, 1.807) is 6.20 Å². The van der Waals surface area contributed by atoms with Crippen LogP contribution in [-0.2, 0) is 0 Å². The molecular weight excluding hydrogens is 282 g/mol. The number of aromatic nitrogens is 1. The number of nitrogens with two attached hydrogens (primary N) is 1. The van der Waals surface area contributed by atoms with E-state index in [1.807, 2.05) is 12.1 Å². The minimum atomic E-state index is -0.0673. The average Bonchev–Trinajstić information content (AvgIpc) is 2.84. The number of nitrogens with one attached hydrogen (secondary N) is 1. The van der Waals surface area contributed by atoms with E-state index in [2.05, 4.69) is 17.2 Å². The molecule has 0 saturated heterocycles. The van der Waals surface area contributed by atoms with Crippen molar-refractivity contribution in [3.05, 3.63) is 23.2 Å². The first kappa shape index (κ1) is 14.3. The monoisotopic (exact) mass is 303 g/mol. The molecule has 2 heterocycles. The van der Waals surface area contributed by atoms with Crippen molar-refractivity contribution >= 4 is 33.1 Å². The van der Waals surface area contributed by atoms with Gasteiger partial charge in [0.1, 0.15) is 9.71 Å². The Morgan fingerprint density at radius 3 is 2.90 bits per heavy atom. The third kappa shape index (κ3) is 2.88. The predicted molar refractivity (Wildman–Crippen MR) is 87.6 cm³/mol. The summed E-state index contributed by atoms with van der Waals surface area (Å²) in [4.78, 5) is 18.1. The number of nitrogens with zero attached hydrogens (tertiary/aromatic N) is 1. The first-order valence-corrected chi connectivity index (χ1v) is 8.32. The zero-order chi connectivity index (χ0) is 14.9. The fraction of sp³-hybridized carbons (Fsp3) is 0.500. The minimum Gasteiger partial charge on any atom is -0.397 e. The van der Waals surface area contributed by atoms with Crippen molar-refractivity contribution < 1.29 is 4.79 Å². The summed E-state index contributed by atoms with van der Waals surface area (Å²) in [5.74, 6) is -0.0673. The van der Waals surface area contributed by atoms with Crippen molar-refractivity contribution in [1.82, 2.24) is 10.3 Å². The highest BCUT2D eigenvalue weighted by Crippen LogP contribution is 2.36. The molecule has 1 amide bonds. The van der Waals surface area contributed by atoms with Crippen LogP contribution in [-0.4, -0.2) is 17.4 Å². The first-order valence-electron chi connectivity index (χ1n) is 7.50. The standard InChI is InChI=1S/C16H21N3OS/c1-16(7-3-2-4-8-16)10-19-14(20)13-12(17)11-6-5-9-18-15(11)21-13/h5-6,9H,2-4,7-8,10,17H2,1H3,(H,19,20). The smallest absolute Gasteiger partial charge is 0.263 e. The van der Waals surface area contributed by atoms with Crippen LogP contribution in [0.5, 0.6) is 0 Å². The van der Waals surface area contributed by atoms with Crippen molar-refractivity contribution in [2.24, 2.45) is 5.41 Å². The zero-order valence-electron chi connectivity index (χ0n) is 12.3. The second kappa shape index (κ2) is 5.64. The lowest BCUT2D eigenvalue weighted by Gasteiger charge is -2.33. The molecule has 3 rings (SSSR count). The van der Waals surface area contributed by atoms with Gasteiger partial charge >= 0.3 is 0 Å². The quantitative estimate of drug-likeness (QED) is 0.910. The highest BCUT2D eigenvalue weighted by atomic mass is 32.1. The molecule has 5 heteroatoms. The molecule has 2 aromatic rings. The topological polar surface area (TPSA) is 68.0 Å². The summed E-state index contributed by atoms with van der Waals surface area (Å²) in [6, 6.07) is 3.75. The van der Waals surface area contributed by atoms with Crippen molar-refractivity contribution in [3.8, 4) is 0 Å². The predicted octanol–water partition coefficient (Wildman–Crippen LogP) is 3.58. The SMILES string of the molecule is CC1(CNC(=O)c2sc3ncccc3c2N)CCCCC1. The number of amides is 1. The average molecular weight is 303 g/mol. The molecule has 0 aromatic carbocycles. The highest BCUT2D eigenvalue weighted by Gasteiger charge is 2.28. The van der Waals surface area contributed by atoms with Crippen molar-refractivity contribution in [2.45, 2.75) is 39.0 Å². The van der Waals surface area contributed by atoms with E-state index in [1.165, 1.54) is 43.4 Å². The number of nitrogen functional groups attached to an aromatic ring is 1. The van der Waals surface area contributed by atoms with Gasteiger partial charge in [0.25, 0.3) is 5.91 Å². The van der Waals surface area contributed by atoms with Gasteiger partial charge in [-0.05, 0) is 30.4 Å². The molecule has 0 aliphatic heterocycles. The van der Waals surface area contributed by atoms with Gasteiger partial charge in [-0.1, -0.05) is 26.2 Å². The van der Waals surface area contributed by atoms with Gasteiger partial charge in [-0.25, -0.2) is 4.98 Å². The molecule has 112 valence electrons. The molecule has 1 saturated carbocycles. The van der Waals surface area contributed by atoms with Crippen LogP contribution in [0.1, 0.15) is 48.7 Å². The fourth-order valence-corrected chi connectivity index (χ4v) is 4.06. The van der Waals surface area contributed by atoms with Crippen molar-refractivity contribution in [1.29, 1.82) is 0 Å². The Morgan fingerprint density at radius 1 is 1.43 bits per heavy atom. The Balaban J connectivity index is 1.73. The maximum absolute atomic E-state index is 12.4. The summed E-state index contributed by atoms with van der Waals surface area (Å²) >= 11 is 1.37. The Labute approximate surface area is 128 Å². The van der Waals surface area contributed by atoms with Crippen LogP contribution >= 0.6 is 11.3 Å². The Morgan fingerprint density at radius 2 is 2.19 bits per heavy atom. The number of rotatable bonds is 3. The summed E-state index contributed by atoms with van der Waals surface area (Å²) in [6.07, 6.45) is 7.96. The number of fused-ring (bicyclic) bond motifs is 1. The molecule has 1 fully saturated rings. The first-order chi connectivity index (χ1) is 10.1. The largest absolute Gasteiger partial charge is 0.397 e. The van der Waals surface area contributed by atoms with Gasteiger partial charge in [-0.2, -0.15) is 0 Å². The van der Waals surface area contributed by atoms with Crippen LogP contribution in [0, 0.1) is 5.41 Å². The number of anilines is 1. The summed E-state index contributed by atoms with van der Waals surface area (Å²) in [5, 5.41) is 3.95. The van der Waals surface area contributed by atoms with Gasteiger partial charge in [0.05, 0.1) is 5.69 Å². The van der Waals surface area contributed by atoms with Crippen LogP contribution in [0.15, 0.2) is 18.3 Å². The van der Waals surface area contributed by atoms with Crippen LogP contribution in [0.3, 0.4) is 0 Å². The molecule has 0 radical (unpaired) electrons. The molecule has 21 heavy (non-hydrogen) atoms.